The summed E-state index contributed by atoms with van der Waals surface area (Å²) in [5, 5.41) is 0.716. The van der Waals surface area contributed by atoms with Crippen LogP contribution in [0.5, 0.6) is 0 Å². The molecule has 0 saturated heterocycles. The lowest BCUT2D eigenvalue weighted by Gasteiger charge is -2.05. The minimum Gasteiger partial charge on any atom is -0.255 e. The Labute approximate surface area is 161 Å². The van der Waals surface area contributed by atoms with Gasteiger partial charge in [0.15, 0.2) is 0 Å². The number of hydrogen-bond acceptors (Lipinski definition) is 3. The fraction of sp³-hybridized carbons (Fsp3) is 1.00. The summed E-state index contributed by atoms with van der Waals surface area (Å²) in [6.45, 7) is 7.95. The molecule has 0 rings (SSSR count). The van der Waals surface area contributed by atoms with Crippen molar-refractivity contribution in [1.82, 2.24) is 4.72 Å². The Bertz CT molecular complexity index is 222. The Morgan fingerprint density at radius 2 is 0.958 bits per heavy atom. The molecule has 0 saturated carbocycles. The van der Waals surface area contributed by atoms with Gasteiger partial charge in [0, 0.05) is 11.8 Å². The molecule has 0 atom stereocenters. The lowest BCUT2D eigenvalue weighted by Crippen LogP contribution is -2.04. The average molecular weight is 376 g/mol. The Kier molecular flexibility index (Phi) is 22.3. The first-order valence-corrected chi connectivity index (χ1v) is 13.0. The normalized spacial score (nSPS) is 11.5. The standard InChI is InChI=1S/C21H45NS2/c1-4-5-6-7-8-9-10-11-12-13-14-15-16-17-18-19-20-22-24-23-21(2)3/h21-22H,4-20H2,1-3H3. The Morgan fingerprint density at radius 1 is 0.583 bits per heavy atom. The molecule has 1 nitrogen and oxygen atoms in total. The van der Waals surface area contributed by atoms with Crippen LogP contribution in [0.1, 0.15) is 124 Å². The molecule has 0 amide bonds. The number of unbranched alkanes of at least 4 members (excludes halogenated alkanes) is 15. The van der Waals surface area contributed by atoms with E-state index in [1.54, 1.807) is 0 Å². The fourth-order valence-corrected chi connectivity index (χ4v) is 4.44. The average Bonchev–Trinajstić information content (AvgIpc) is 2.56. The van der Waals surface area contributed by atoms with Crippen LogP contribution >= 0.6 is 21.8 Å². The molecule has 0 radical (unpaired) electrons. The van der Waals surface area contributed by atoms with Gasteiger partial charge in [0.2, 0.25) is 0 Å². The minimum absolute atomic E-state index is 0.716. The maximum atomic E-state index is 3.45. The third-order valence-corrected chi connectivity index (χ3v) is 7.03. The highest BCUT2D eigenvalue weighted by atomic mass is 33.1. The smallest absolute Gasteiger partial charge is 0.0107 e. The largest absolute Gasteiger partial charge is 0.255 e. The maximum Gasteiger partial charge on any atom is 0.0107 e. The highest BCUT2D eigenvalue weighted by Gasteiger charge is 1.96. The van der Waals surface area contributed by atoms with E-state index in [0.29, 0.717) is 5.25 Å². The summed E-state index contributed by atoms with van der Waals surface area (Å²) in [7, 11) is 3.74. The molecule has 0 fully saturated rings. The molecule has 0 aliphatic heterocycles. The van der Waals surface area contributed by atoms with Crippen LogP contribution in [0.4, 0.5) is 0 Å². The number of hydrogen-bond donors (Lipinski definition) is 1. The third kappa shape index (κ3) is 22.7. The number of nitrogens with one attached hydrogen (secondary N) is 1. The van der Waals surface area contributed by atoms with Gasteiger partial charge in [-0.25, -0.2) is 0 Å². The van der Waals surface area contributed by atoms with Crippen molar-refractivity contribution in [3.8, 4) is 0 Å². The molecule has 3 heteroatoms. The van der Waals surface area contributed by atoms with Gasteiger partial charge in [-0.15, -0.1) is 0 Å². The van der Waals surface area contributed by atoms with Crippen molar-refractivity contribution in [2.75, 3.05) is 6.54 Å². The second kappa shape index (κ2) is 21.7. The van der Waals surface area contributed by atoms with Crippen LogP contribution in [0.15, 0.2) is 0 Å². The molecule has 0 aromatic heterocycles. The van der Waals surface area contributed by atoms with Crippen LogP contribution in [0.2, 0.25) is 0 Å². The quantitative estimate of drug-likeness (QED) is 0.130. The van der Waals surface area contributed by atoms with Crippen molar-refractivity contribution in [1.29, 1.82) is 0 Å². The van der Waals surface area contributed by atoms with E-state index >= 15 is 0 Å². The van der Waals surface area contributed by atoms with Crippen LogP contribution < -0.4 is 4.72 Å². The SMILES string of the molecule is CCCCCCCCCCCCCCCCCCNSSC(C)C. The molecule has 0 aliphatic carbocycles. The van der Waals surface area contributed by atoms with E-state index in [1.165, 1.54) is 109 Å². The van der Waals surface area contributed by atoms with Gasteiger partial charge < -0.3 is 0 Å². The van der Waals surface area contributed by atoms with Crippen molar-refractivity contribution in [3.05, 3.63) is 0 Å². The van der Waals surface area contributed by atoms with Gasteiger partial charge >= 0.3 is 0 Å². The molecule has 0 unspecified atom stereocenters. The molecule has 0 heterocycles. The van der Waals surface area contributed by atoms with E-state index in [4.69, 9.17) is 0 Å². The molecule has 0 bridgehead atoms. The van der Waals surface area contributed by atoms with Crippen molar-refractivity contribution in [2.24, 2.45) is 0 Å². The predicted octanol–water partition coefficient (Wildman–Crippen LogP) is 8.54. The van der Waals surface area contributed by atoms with Crippen molar-refractivity contribution in [2.45, 2.75) is 129 Å². The molecule has 24 heavy (non-hydrogen) atoms. The Hall–Kier alpha value is 0.660. The van der Waals surface area contributed by atoms with E-state index in [-0.39, 0.29) is 0 Å². The fourth-order valence-electron chi connectivity index (χ4n) is 2.92. The monoisotopic (exact) mass is 375 g/mol. The summed E-state index contributed by atoms with van der Waals surface area (Å²) in [6, 6.07) is 0. The second-order valence-corrected chi connectivity index (χ2v) is 10.1. The lowest BCUT2D eigenvalue weighted by molar-refractivity contribution is 0.529. The highest BCUT2D eigenvalue weighted by Crippen LogP contribution is 2.22. The highest BCUT2D eigenvalue weighted by molar-refractivity contribution is 8.76. The predicted molar refractivity (Wildman–Crippen MR) is 118 cm³/mol. The molecule has 1 N–H and O–H groups in total. The van der Waals surface area contributed by atoms with Crippen molar-refractivity contribution in [3.63, 3.8) is 0 Å². The first-order valence-electron chi connectivity index (χ1n) is 10.8. The molecule has 0 aromatic carbocycles. The summed E-state index contributed by atoms with van der Waals surface area (Å²) >= 11 is 0. The molecule has 0 aliphatic rings. The summed E-state index contributed by atoms with van der Waals surface area (Å²) in [6.07, 6.45) is 23.1. The second-order valence-electron chi connectivity index (χ2n) is 7.43. The molecular formula is C21H45NS2. The summed E-state index contributed by atoms with van der Waals surface area (Å²) in [5.74, 6) is 0. The van der Waals surface area contributed by atoms with Gasteiger partial charge in [-0.1, -0.05) is 128 Å². The van der Waals surface area contributed by atoms with Crippen molar-refractivity contribution >= 4 is 21.8 Å². The van der Waals surface area contributed by atoms with Crippen LogP contribution in [-0.4, -0.2) is 11.8 Å². The zero-order valence-corrected chi connectivity index (χ0v) is 18.5. The van der Waals surface area contributed by atoms with Crippen LogP contribution in [0.25, 0.3) is 0 Å². The maximum absolute atomic E-state index is 3.45. The van der Waals surface area contributed by atoms with E-state index < -0.39 is 0 Å². The van der Waals surface area contributed by atoms with Gasteiger partial charge in [0.05, 0.1) is 0 Å². The Morgan fingerprint density at radius 3 is 1.33 bits per heavy atom. The third-order valence-electron chi connectivity index (χ3n) is 4.43. The first-order chi connectivity index (χ1) is 11.8. The molecule has 0 aromatic rings. The van der Waals surface area contributed by atoms with E-state index in [0.717, 1.165) is 0 Å². The molecular weight excluding hydrogens is 330 g/mol. The van der Waals surface area contributed by atoms with Gasteiger partial charge in [0.25, 0.3) is 0 Å². The van der Waals surface area contributed by atoms with E-state index in [9.17, 15) is 0 Å². The van der Waals surface area contributed by atoms with Gasteiger partial charge in [-0.05, 0) is 17.4 Å². The zero-order chi connectivity index (χ0) is 17.7. The van der Waals surface area contributed by atoms with Gasteiger partial charge in [-0.2, -0.15) is 0 Å². The van der Waals surface area contributed by atoms with Crippen LogP contribution in [-0.2, 0) is 0 Å². The van der Waals surface area contributed by atoms with E-state index in [2.05, 4.69) is 25.5 Å². The minimum atomic E-state index is 0.716. The Balaban J connectivity index is 2.95. The van der Waals surface area contributed by atoms with Crippen LogP contribution in [0, 0.1) is 0 Å². The summed E-state index contributed by atoms with van der Waals surface area (Å²) in [4.78, 5) is 0. The van der Waals surface area contributed by atoms with E-state index in [1.807, 2.05) is 21.8 Å². The van der Waals surface area contributed by atoms with Gasteiger partial charge in [-0.3, -0.25) is 4.72 Å². The number of rotatable bonds is 20. The summed E-state index contributed by atoms with van der Waals surface area (Å²) < 4.78 is 3.45. The summed E-state index contributed by atoms with van der Waals surface area (Å²) in [5.41, 5.74) is 0. The van der Waals surface area contributed by atoms with Gasteiger partial charge in [0.1, 0.15) is 0 Å². The molecule has 146 valence electrons. The zero-order valence-electron chi connectivity index (χ0n) is 16.9. The van der Waals surface area contributed by atoms with Crippen molar-refractivity contribution < 1.29 is 0 Å². The topological polar surface area (TPSA) is 12.0 Å². The van der Waals surface area contributed by atoms with Crippen LogP contribution in [0.3, 0.4) is 0 Å². The first kappa shape index (κ1) is 24.7. The molecule has 0 spiro atoms. The lowest BCUT2D eigenvalue weighted by atomic mass is 10.0.